The second kappa shape index (κ2) is 5.15. The first kappa shape index (κ1) is 18.1. The molecule has 3 rings (SSSR count). The van der Waals surface area contributed by atoms with Crippen LogP contribution in [0.15, 0.2) is 12.1 Å². The van der Waals surface area contributed by atoms with E-state index in [1.807, 2.05) is 27.7 Å². The lowest BCUT2D eigenvalue weighted by atomic mass is 9.75. The summed E-state index contributed by atoms with van der Waals surface area (Å²) in [4.78, 5) is 0. The van der Waals surface area contributed by atoms with Gasteiger partial charge in [-0.3, -0.25) is 0 Å². The monoisotopic (exact) mass is 360 g/mol. The normalized spacial score (nSPS) is 24.3. The largest absolute Gasteiger partial charge is 0.495 e. The van der Waals surface area contributed by atoms with Crippen LogP contribution in [0.25, 0.3) is 0 Å². The van der Waals surface area contributed by atoms with Gasteiger partial charge in [0, 0.05) is 5.02 Å². The molecule has 1 aliphatic heterocycles. The molecule has 2 aliphatic rings. The van der Waals surface area contributed by atoms with E-state index in [1.165, 1.54) is 0 Å². The molecule has 0 N–H and O–H groups in total. The summed E-state index contributed by atoms with van der Waals surface area (Å²) in [6.45, 7) is 9.50. The van der Waals surface area contributed by atoms with Gasteiger partial charge in [0.25, 0.3) is 0 Å². The molecule has 1 aromatic rings. The molecule has 0 aromatic heterocycles. The minimum atomic E-state index is -4.28. The van der Waals surface area contributed by atoms with Crippen LogP contribution in [0.2, 0.25) is 5.02 Å². The Hall–Kier alpha value is -0.715. The first-order valence-electron chi connectivity index (χ1n) is 8.04. The lowest BCUT2D eigenvalue weighted by Crippen LogP contribution is -2.41. The van der Waals surface area contributed by atoms with Crippen LogP contribution < -0.4 is 5.46 Å². The van der Waals surface area contributed by atoms with Crippen LogP contribution in [0.1, 0.15) is 51.7 Å². The Bertz CT molecular complexity index is 665. The van der Waals surface area contributed by atoms with Crippen molar-refractivity contribution in [2.24, 2.45) is 0 Å². The van der Waals surface area contributed by atoms with Crippen LogP contribution >= 0.6 is 11.6 Å². The fraction of sp³-hybridized carbons (Fsp3) is 0.647. The molecule has 132 valence electrons. The Morgan fingerprint density at radius 1 is 1.04 bits per heavy atom. The lowest BCUT2D eigenvalue weighted by molar-refractivity contribution is -0.160. The first-order chi connectivity index (χ1) is 10.8. The molecule has 0 amide bonds. The third-order valence-electron chi connectivity index (χ3n) is 5.67. The van der Waals surface area contributed by atoms with Gasteiger partial charge in [-0.25, -0.2) is 0 Å². The van der Waals surface area contributed by atoms with Crippen LogP contribution in [0, 0.1) is 6.92 Å². The maximum Gasteiger partial charge on any atom is 0.495 e. The number of hydrogen-bond donors (Lipinski definition) is 0. The van der Waals surface area contributed by atoms with E-state index in [2.05, 4.69) is 0 Å². The second-order valence-electron chi connectivity index (χ2n) is 7.86. The highest BCUT2D eigenvalue weighted by Crippen LogP contribution is 2.60. The van der Waals surface area contributed by atoms with Crippen molar-refractivity contribution in [3.05, 3.63) is 28.3 Å². The van der Waals surface area contributed by atoms with Gasteiger partial charge in [0.1, 0.15) is 0 Å². The third-order valence-corrected chi connectivity index (χ3v) is 5.98. The molecule has 0 unspecified atom stereocenters. The van der Waals surface area contributed by atoms with Crippen molar-refractivity contribution >= 4 is 24.2 Å². The van der Waals surface area contributed by atoms with Crippen molar-refractivity contribution in [3.63, 3.8) is 0 Å². The Balaban J connectivity index is 1.99. The summed E-state index contributed by atoms with van der Waals surface area (Å²) in [7, 11) is -0.636. The molecule has 1 saturated carbocycles. The van der Waals surface area contributed by atoms with E-state index < -0.39 is 29.9 Å². The summed E-state index contributed by atoms with van der Waals surface area (Å²) in [5.74, 6) is 0. The summed E-state index contributed by atoms with van der Waals surface area (Å²) < 4.78 is 52.2. The minimum Gasteiger partial charge on any atom is -0.399 e. The first-order valence-corrected chi connectivity index (χ1v) is 8.41. The maximum atomic E-state index is 13.4. The average molecular weight is 361 g/mol. The van der Waals surface area contributed by atoms with Gasteiger partial charge in [0.15, 0.2) is 0 Å². The Morgan fingerprint density at radius 3 is 1.96 bits per heavy atom. The standard InChI is InChI=1S/C17H21BClF3O2/c1-10-8-11(16(6-7-16)17(20,21)22)13(19)9-12(10)18-23-14(2,3)15(4,5)24-18/h8-9H,6-7H2,1-5H3. The topological polar surface area (TPSA) is 18.5 Å². The molecule has 0 atom stereocenters. The van der Waals surface area contributed by atoms with Gasteiger partial charge >= 0.3 is 13.3 Å². The van der Waals surface area contributed by atoms with E-state index in [9.17, 15) is 13.2 Å². The summed E-state index contributed by atoms with van der Waals surface area (Å²) in [5, 5.41) is 0.125. The molecule has 1 heterocycles. The Morgan fingerprint density at radius 2 is 1.54 bits per heavy atom. The summed E-state index contributed by atoms with van der Waals surface area (Å²) in [5.41, 5.74) is -1.28. The van der Waals surface area contributed by atoms with Gasteiger partial charge in [-0.05, 0) is 64.6 Å². The highest BCUT2D eigenvalue weighted by molar-refractivity contribution is 6.63. The molecule has 0 radical (unpaired) electrons. The molecule has 1 aromatic carbocycles. The van der Waals surface area contributed by atoms with Gasteiger partial charge in [0.05, 0.1) is 16.6 Å². The molecule has 1 aliphatic carbocycles. The van der Waals surface area contributed by atoms with E-state index in [0.29, 0.717) is 11.0 Å². The van der Waals surface area contributed by atoms with Crippen LogP contribution in [0.4, 0.5) is 13.2 Å². The van der Waals surface area contributed by atoms with Crippen LogP contribution in [0.3, 0.4) is 0 Å². The van der Waals surface area contributed by atoms with Crippen molar-refractivity contribution in [2.75, 3.05) is 0 Å². The fourth-order valence-corrected chi connectivity index (χ4v) is 3.47. The van der Waals surface area contributed by atoms with Gasteiger partial charge in [-0.15, -0.1) is 0 Å². The van der Waals surface area contributed by atoms with Gasteiger partial charge < -0.3 is 9.31 Å². The quantitative estimate of drug-likeness (QED) is 0.721. The Kier molecular flexibility index (Phi) is 3.88. The number of benzene rings is 1. The zero-order valence-electron chi connectivity index (χ0n) is 14.5. The number of halogens is 4. The molecule has 1 saturated heterocycles. The van der Waals surface area contributed by atoms with Gasteiger partial charge in [0.2, 0.25) is 0 Å². The van der Waals surface area contributed by atoms with Gasteiger partial charge in [-0.1, -0.05) is 23.2 Å². The highest BCUT2D eigenvalue weighted by Gasteiger charge is 2.65. The van der Waals surface area contributed by atoms with Crippen LogP contribution in [-0.4, -0.2) is 24.5 Å². The molecule has 24 heavy (non-hydrogen) atoms. The van der Waals surface area contributed by atoms with Crippen molar-refractivity contribution in [1.29, 1.82) is 0 Å². The van der Waals surface area contributed by atoms with Crippen molar-refractivity contribution in [3.8, 4) is 0 Å². The zero-order valence-corrected chi connectivity index (χ0v) is 15.2. The smallest absolute Gasteiger partial charge is 0.399 e. The predicted octanol–water partition coefficient (Wildman–Crippen LogP) is 4.54. The molecule has 7 heteroatoms. The zero-order chi connectivity index (χ0) is 18.1. The van der Waals surface area contributed by atoms with Gasteiger partial charge in [-0.2, -0.15) is 13.2 Å². The fourth-order valence-electron chi connectivity index (χ4n) is 3.12. The molecule has 2 fully saturated rings. The predicted molar refractivity (Wildman–Crippen MR) is 88.9 cm³/mol. The summed E-state index contributed by atoms with van der Waals surface area (Å²) in [6.07, 6.45) is -4.11. The average Bonchev–Trinajstić information content (AvgIpc) is 3.16. The van der Waals surface area contributed by atoms with E-state index in [0.717, 1.165) is 0 Å². The van der Waals surface area contributed by atoms with E-state index in [1.54, 1.807) is 19.1 Å². The molecular formula is C17H21BClF3O2. The van der Waals surface area contributed by atoms with Crippen LogP contribution in [-0.2, 0) is 14.7 Å². The van der Waals surface area contributed by atoms with E-state index in [4.69, 9.17) is 20.9 Å². The van der Waals surface area contributed by atoms with Crippen molar-refractivity contribution in [1.82, 2.24) is 0 Å². The molecule has 2 nitrogen and oxygen atoms in total. The molecule has 0 spiro atoms. The maximum absolute atomic E-state index is 13.4. The summed E-state index contributed by atoms with van der Waals surface area (Å²) in [6, 6.07) is 3.11. The molecule has 0 bridgehead atoms. The summed E-state index contributed by atoms with van der Waals surface area (Å²) >= 11 is 6.24. The van der Waals surface area contributed by atoms with Crippen molar-refractivity contribution < 1.29 is 22.5 Å². The van der Waals surface area contributed by atoms with Crippen LogP contribution in [0.5, 0.6) is 0 Å². The van der Waals surface area contributed by atoms with E-state index in [-0.39, 0.29) is 23.4 Å². The lowest BCUT2D eigenvalue weighted by Gasteiger charge is -2.32. The van der Waals surface area contributed by atoms with E-state index >= 15 is 0 Å². The molecular weight excluding hydrogens is 339 g/mol. The number of aryl methyl sites for hydroxylation is 1. The van der Waals surface area contributed by atoms with Crippen molar-refractivity contribution in [2.45, 2.75) is 70.3 Å². The minimum absolute atomic E-state index is 0.0888. The number of alkyl halides is 3. The third kappa shape index (κ3) is 2.58. The highest BCUT2D eigenvalue weighted by atomic mass is 35.5. The second-order valence-corrected chi connectivity index (χ2v) is 8.26. The Labute approximate surface area is 145 Å². The number of rotatable bonds is 2. The SMILES string of the molecule is Cc1cc(C2(C(F)(F)F)CC2)c(Cl)cc1B1OC(C)(C)C(C)(C)O1. The number of hydrogen-bond acceptors (Lipinski definition) is 2.